The molecule has 0 aliphatic carbocycles. The zero-order valence-electron chi connectivity index (χ0n) is 12.5. The van der Waals surface area contributed by atoms with Crippen LogP contribution in [0.4, 0.5) is 5.69 Å². The lowest BCUT2D eigenvalue weighted by atomic mass is 10.2. The fourth-order valence-corrected chi connectivity index (χ4v) is 2.02. The van der Waals surface area contributed by atoms with Crippen molar-refractivity contribution in [3.63, 3.8) is 0 Å². The molecule has 0 fully saturated rings. The molecule has 0 heterocycles. The summed E-state index contributed by atoms with van der Waals surface area (Å²) in [5.41, 5.74) is 2.32. The number of nitriles is 1. The summed E-state index contributed by atoms with van der Waals surface area (Å²) in [7, 11) is 0. The first-order valence-electron chi connectivity index (χ1n) is 7.17. The van der Waals surface area contributed by atoms with E-state index in [1.54, 1.807) is 24.3 Å². The van der Waals surface area contributed by atoms with Gasteiger partial charge in [0.25, 0.3) is 0 Å². The fourth-order valence-electron chi connectivity index (χ4n) is 2.02. The Kier molecular flexibility index (Phi) is 5.56. The fraction of sp³-hybridized carbons (Fsp3) is 0.222. The molecule has 0 aliphatic rings. The highest BCUT2D eigenvalue weighted by Crippen LogP contribution is 2.13. The minimum absolute atomic E-state index is 0.0806. The number of nitrogens with one attached hydrogen (secondary N) is 1. The summed E-state index contributed by atoms with van der Waals surface area (Å²) < 4.78 is 5.60. The lowest BCUT2D eigenvalue weighted by Gasteiger charge is -2.07. The Morgan fingerprint density at radius 1 is 1.23 bits per heavy atom. The topological polar surface area (TPSA) is 62.1 Å². The van der Waals surface area contributed by atoms with Gasteiger partial charge in [-0.15, -0.1) is 0 Å². The molecule has 112 valence electrons. The maximum Gasteiger partial charge on any atom is 0.224 e. The minimum atomic E-state index is -0.0806. The third kappa shape index (κ3) is 4.95. The molecular weight excluding hydrogens is 276 g/mol. The highest BCUT2D eigenvalue weighted by molar-refractivity contribution is 5.90. The van der Waals surface area contributed by atoms with Crippen LogP contribution >= 0.6 is 0 Å². The van der Waals surface area contributed by atoms with Gasteiger partial charge in [-0.2, -0.15) is 5.26 Å². The smallest absolute Gasteiger partial charge is 0.224 e. The lowest BCUT2D eigenvalue weighted by Crippen LogP contribution is -2.12. The number of hydrogen-bond acceptors (Lipinski definition) is 3. The summed E-state index contributed by atoms with van der Waals surface area (Å²) in [6, 6.07) is 16.7. The van der Waals surface area contributed by atoms with Crippen molar-refractivity contribution in [1.29, 1.82) is 5.26 Å². The SMILES string of the molecule is Cc1cccc(OCCCC(=O)Nc2cccc(C#N)c2)c1. The molecule has 0 bridgehead atoms. The van der Waals surface area contributed by atoms with Gasteiger partial charge in [0.05, 0.1) is 18.2 Å². The van der Waals surface area contributed by atoms with E-state index in [1.807, 2.05) is 37.3 Å². The molecule has 0 atom stereocenters. The van der Waals surface area contributed by atoms with Crippen LogP contribution in [0.2, 0.25) is 0 Å². The van der Waals surface area contributed by atoms with Crippen molar-refractivity contribution >= 4 is 11.6 Å². The van der Waals surface area contributed by atoms with Gasteiger partial charge in [0.15, 0.2) is 0 Å². The molecule has 2 aromatic carbocycles. The number of amides is 1. The van der Waals surface area contributed by atoms with Gasteiger partial charge in [-0.05, 0) is 49.2 Å². The number of anilines is 1. The molecule has 0 saturated heterocycles. The van der Waals surface area contributed by atoms with Crippen LogP contribution in [0.15, 0.2) is 48.5 Å². The van der Waals surface area contributed by atoms with E-state index < -0.39 is 0 Å². The Morgan fingerprint density at radius 2 is 2.05 bits per heavy atom. The number of rotatable bonds is 6. The van der Waals surface area contributed by atoms with Crippen LogP contribution in [0.1, 0.15) is 24.0 Å². The normalized spacial score (nSPS) is 9.82. The van der Waals surface area contributed by atoms with Crippen LogP contribution in [-0.4, -0.2) is 12.5 Å². The van der Waals surface area contributed by atoms with Crippen molar-refractivity contribution in [1.82, 2.24) is 0 Å². The number of ether oxygens (including phenoxy) is 1. The second-order valence-corrected chi connectivity index (χ2v) is 5.01. The van der Waals surface area contributed by atoms with Gasteiger partial charge in [-0.3, -0.25) is 4.79 Å². The third-order valence-electron chi connectivity index (χ3n) is 3.08. The molecule has 4 nitrogen and oxygen atoms in total. The van der Waals surface area contributed by atoms with Crippen LogP contribution in [0.3, 0.4) is 0 Å². The van der Waals surface area contributed by atoms with E-state index in [2.05, 4.69) is 5.32 Å². The summed E-state index contributed by atoms with van der Waals surface area (Å²) in [4.78, 5) is 11.8. The summed E-state index contributed by atoms with van der Waals surface area (Å²) in [6.45, 7) is 2.50. The monoisotopic (exact) mass is 294 g/mol. The predicted molar refractivity (Wildman–Crippen MR) is 85.7 cm³/mol. The summed E-state index contributed by atoms with van der Waals surface area (Å²) in [5, 5.41) is 11.6. The van der Waals surface area contributed by atoms with Crippen LogP contribution in [-0.2, 0) is 4.79 Å². The van der Waals surface area contributed by atoms with Gasteiger partial charge in [0.2, 0.25) is 5.91 Å². The standard InChI is InChI=1S/C18H18N2O2/c1-14-5-2-8-17(11-14)22-10-4-9-18(21)20-16-7-3-6-15(12-16)13-19/h2-3,5-8,11-12H,4,9-10H2,1H3,(H,20,21). The molecule has 0 unspecified atom stereocenters. The van der Waals surface area contributed by atoms with E-state index >= 15 is 0 Å². The van der Waals surface area contributed by atoms with Crippen molar-refractivity contribution in [2.24, 2.45) is 0 Å². The van der Waals surface area contributed by atoms with Crippen molar-refractivity contribution in [3.05, 3.63) is 59.7 Å². The first-order chi connectivity index (χ1) is 10.7. The van der Waals surface area contributed by atoms with Crippen LogP contribution < -0.4 is 10.1 Å². The van der Waals surface area contributed by atoms with E-state index in [4.69, 9.17) is 10.00 Å². The number of nitrogens with zero attached hydrogens (tertiary/aromatic N) is 1. The molecule has 0 saturated carbocycles. The van der Waals surface area contributed by atoms with E-state index in [0.29, 0.717) is 30.7 Å². The Morgan fingerprint density at radius 3 is 2.82 bits per heavy atom. The average Bonchev–Trinajstić information content (AvgIpc) is 2.52. The van der Waals surface area contributed by atoms with E-state index in [9.17, 15) is 4.79 Å². The van der Waals surface area contributed by atoms with Gasteiger partial charge < -0.3 is 10.1 Å². The van der Waals surface area contributed by atoms with Gasteiger partial charge in [0.1, 0.15) is 5.75 Å². The number of carbonyl (C=O) groups is 1. The van der Waals surface area contributed by atoms with Crippen LogP contribution in [0, 0.1) is 18.3 Å². The largest absolute Gasteiger partial charge is 0.494 e. The van der Waals surface area contributed by atoms with E-state index in [0.717, 1.165) is 11.3 Å². The maximum atomic E-state index is 11.8. The molecular formula is C18H18N2O2. The maximum absolute atomic E-state index is 11.8. The second kappa shape index (κ2) is 7.84. The molecule has 0 radical (unpaired) electrons. The Bertz CT molecular complexity index is 689. The molecule has 1 N–H and O–H groups in total. The van der Waals surface area contributed by atoms with Crippen LogP contribution in [0.5, 0.6) is 5.75 Å². The average molecular weight is 294 g/mol. The van der Waals surface area contributed by atoms with Crippen molar-refractivity contribution in [3.8, 4) is 11.8 Å². The highest BCUT2D eigenvalue weighted by atomic mass is 16.5. The number of carbonyl (C=O) groups excluding carboxylic acids is 1. The molecule has 1 amide bonds. The molecule has 4 heteroatoms. The quantitative estimate of drug-likeness (QED) is 0.827. The summed E-state index contributed by atoms with van der Waals surface area (Å²) in [6.07, 6.45) is 1.01. The Balaban J connectivity index is 1.73. The van der Waals surface area contributed by atoms with Gasteiger partial charge >= 0.3 is 0 Å². The molecule has 0 spiro atoms. The number of aryl methyl sites for hydroxylation is 1. The second-order valence-electron chi connectivity index (χ2n) is 5.01. The molecule has 0 aliphatic heterocycles. The van der Waals surface area contributed by atoms with E-state index in [1.165, 1.54) is 0 Å². The zero-order valence-corrected chi connectivity index (χ0v) is 12.5. The highest BCUT2D eigenvalue weighted by Gasteiger charge is 2.03. The van der Waals surface area contributed by atoms with Gasteiger partial charge in [-0.25, -0.2) is 0 Å². The summed E-state index contributed by atoms with van der Waals surface area (Å²) in [5.74, 6) is 0.741. The first kappa shape index (κ1) is 15.6. The van der Waals surface area contributed by atoms with Crippen molar-refractivity contribution < 1.29 is 9.53 Å². The zero-order chi connectivity index (χ0) is 15.8. The molecule has 2 rings (SSSR count). The van der Waals surface area contributed by atoms with Crippen molar-refractivity contribution in [2.45, 2.75) is 19.8 Å². The number of hydrogen-bond donors (Lipinski definition) is 1. The lowest BCUT2D eigenvalue weighted by molar-refractivity contribution is -0.116. The van der Waals surface area contributed by atoms with E-state index in [-0.39, 0.29) is 5.91 Å². The Labute approximate surface area is 130 Å². The van der Waals surface area contributed by atoms with Gasteiger partial charge in [0, 0.05) is 12.1 Å². The number of benzene rings is 2. The molecule has 2 aromatic rings. The Hall–Kier alpha value is -2.80. The first-order valence-corrected chi connectivity index (χ1v) is 7.17. The molecule has 22 heavy (non-hydrogen) atoms. The van der Waals surface area contributed by atoms with Crippen molar-refractivity contribution in [2.75, 3.05) is 11.9 Å². The minimum Gasteiger partial charge on any atom is -0.494 e. The molecule has 0 aromatic heterocycles. The summed E-state index contributed by atoms with van der Waals surface area (Å²) >= 11 is 0. The van der Waals surface area contributed by atoms with Crippen LogP contribution in [0.25, 0.3) is 0 Å². The van der Waals surface area contributed by atoms with Gasteiger partial charge in [-0.1, -0.05) is 18.2 Å². The predicted octanol–water partition coefficient (Wildman–Crippen LogP) is 3.66. The third-order valence-corrected chi connectivity index (χ3v) is 3.08.